The summed E-state index contributed by atoms with van der Waals surface area (Å²) < 4.78 is 0. The van der Waals surface area contributed by atoms with Crippen molar-refractivity contribution in [2.45, 2.75) is 26.4 Å². The van der Waals surface area contributed by atoms with Gasteiger partial charge in [0.05, 0.1) is 5.56 Å². The lowest BCUT2D eigenvalue weighted by molar-refractivity contribution is 0.0697. The number of carbonyl (C=O) groups is 1. The van der Waals surface area contributed by atoms with Gasteiger partial charge < -0.3 is 10.4 Å². The molecule has 0 aliphatic carbocycles. The number of carboxylic acid groups (broad SMARTS) is 1. The molecule has 2 N–H and O–H groups in total. The highest BCUT2D eigenvalue weighted by molar-refractivity contribution is 5.87. The van der Waals surface area contributed by atoms with Crippen LogP contribution in [0.15, 0.2) is 48.5 Å². The van der Waals surface area contributed by atoms with Crippen molar-refractivity contribution in [2.24, 2.45) is 0 Å². The quantitative estimate of drug-likeness (QED) is 0.846. The van der Waals surface area contributed by atoms with Crippen molar-refractivity contribution in [1.82, 2.24) is 5.32 Å². The van der Waals surface area contributed by atoms with E-state index in [4.69, 9.17) is 5.11 Å². The number of benzene rings is 2. The first-order chi connectivity index (χ1) is 9.70. The molecule has 0 heterocycles. The van der Waals surface area contributed by atoms with Crippen LogP contribution >= 0.6 is 0 Å². The number of nitrogens with one attached hydrogen (secondary N) is 1. The zero-order valence-electron chi connectivity index (χ0n) is 11.6. The van der Waals surface area contributed by atoms with E-state index >= 15 is 0 Å². The maximum atomic E-state index is 10.8. The van der Waals surface area contributed by atoms with Crippen LogP contribution in [0.3, 0.4) is 0 Å². The Balaban J connectivity index is 1.91. The zero-order chi connectivity index (χ0) is 14.4. The minimum absolute atomic E-state index is 0.324. The molecule has 0 aliphatic heterocycles. The van der Waals surface area contributed by atoms with Gasteiger partial charge in [-0.25, -0.2) is 4.79 Å². The van der Waals surface area contributed by atoms with E-state index in [0.717, 1.165) is 25.1 Å². The van der Waals surface area contributed by atoms with Gasteiger partial charge in [0.25, 0.3) is 0 Å². The van der Waals surface area contributed by atoms with Crippen molar-refractivity contribution < 1.29 is 9.90 Å². The SMILES string of the molecule is CCc1ccccc1CNCc1ccc(C(=O)O)cc1. The zero-order valence-corrected chi connectivity index (χ0v) is 11.6. The Hall–Kier alpha value is -2.13. The number of aryl methyl sites for hydroxylation is 1. The lowest BCUT2D eigenvalue weighted by Crippen LogP contribution is -2.14. The summed E-state index contributed by atoms with van der Waals surface area (Å²) in [6, 6.07) is 15.4. The van der Waals surface area contributed by atoms with Crippen molar-refractivity contribution in [2.75, 3.05) is 0 Å². The fourth-order valence-electron chi connectivity index (χ4n) is 2.18. The summed E-state index contributed by atoms with van der Waals surface area (Å²) in [6.07, 6.45) is 1.03. The maximum absolute atomic E-state index is 10.8. The molecule has 0 amide bonds. The van der Waals surface area contributed by atoms with Gasteiger partial charge >= 0.3 is 5.97 Å². The van der Waals surface area contributed by atoms with Crippen LogP contribution in [0.2, 0.25) is 0 Å². The molecule has 2 aromatic rings. The first kappa shape index (κ1) is 14.3. The standard InChI is InChI=1S/C17H19NO2/c1-2-14-5-3-4-6-16(14)12-18-11-13-7-9-15(10-8-13)17(19)20/h3-10,18H,2,11-12H2,1H3,(H,19,20). The Kier molecular flexibility index (Phi) is 4.91. The second kappa shape index (κ2) is 6.87. The van der Waals surface area contributed by atoms with Crippen molar-refractivity contribution in [3.8, 4) is 0 Å². The normalized spacial score (nSPS) is 10.4. The highest BCUT2D eigenvalue weighted by atomic mass is 16.4. The molecular weight excluding hydrogens is 250 g/mol. The van der Waals surface area contributed by atoms with Crippen LogP contribution in [-0.4, -0.2) is 11.1 Å². The van der Waals surface area contributed by atoms with Gasteiger partial charge in [-0.15, -0.1) is 0 Å². The van der Waals surface area contributed by atoms with Gasteiger partial charge in [0.15, 0.2) is 0 Å². The van der Waals surface area contributed by atoms with Crippen LogP contribution in [0.4, 0.5) is 0 Å². The summed E-state index contributed by atoms with van der Waals surface area (Å²) in [4.78, 5) is 10.8. The number of rotatable bonds is 6. The number of hydrogen-bond donors (Lipinski definition) is 2. The minimum Gasteiger partial charge on any atom is -0.478 e. The van der Waals surface area contributed by atoms with Crippen LogP contribution in [-0.2, 0) is 19.5 Å². The summed E-state index contributed by atoms with van der Waals surface area (Å²) in [5.41, 5.74) is 4.09. The van der Waals surface area contributed by atoms with Crippen molar-refractivity contribution in [1.29, 1.82) is 0 Å². The van der Waals surface area contributed by atoms with E-state index < -0.39 is 5.97 Å². The molecule has 0 bridgehead atoms. The molecule has 0 atom stereocenters. The molecule has 0 radical (unpaired) electrons. The van der Waals surface area contributed by atoms with Crippen molar-refractivity contribution in [3.05, 3.63) is 70.8 Å². The first-order valence-corrected chi connectivity index (χ1v) is 6.80. The highest BCUT2D eigenvalue weighted by Gasteiger charge is 2.02. The predicted octanol–water partition coefficient (Wildman–Crippen LogP) is 3.24. The molecule has 20 heavy (non-hydrogen) atoms. The molecule has 2 aromatic carbocycles. The molecule has 2 rings (SSSR count). The molecule has 3 nitrogen and oxygen atoms in total. The van der Waals surface area contributed by atoms with E-state index in [-0.39, 0.29) is 0 Å². The van der Waals surface area contributed by atoms with Gasteiger partial charge in [-0.2, -0.15) is 0 Å². The van der Waals surface area contributed by atoms with Crippen LogP contribution in [0.25, 0.3) is 0 Å². The average Bonchev–Trinajstić information content (AvgIpc) is 2.48. The Labute approximate surface area is 119 Å². The van der Waals surface area contributed by atoms with E-state index in [1.54, 1.807) is 12.1 Å². The largest absolute Gasteiger partial charge is 0.478 e. The number of hydrogen-bond acceptors (Lipinski definition) is 2. The maximum Gasteiger partial charge on any atom is 0.335 e. The lowest BCUT2D eigenvalue weighted by atomic mass is 10.1. The summed E-state index contributed by atoms with van der Waals surface area (Å²) in [7, 11) is 0. The van der Waals surface area contributed by atoms with Crippen LogP contribution in [0, 0.1) is 0 Å². The summed E-state index contributed by atoms with van der Waals surface area (Å²) in [6.45, 7) is 3.71. The summed E-state index contributed by atoms with van der Waals surface area (Å²) in [5.74, 6) is -0.888. The van der Waals surface area contributed by atoms with Gasteiger partial charge in [-0.3, -0.25) is 0 Å². The third-order valence-corrected chi connectivity index (χ3v) is 3.34. The van der Waals surface area contributed by atoms with Crippen LogP contribution < -0.4 is 5.32 Å². The molecule has 0 saturated carbocycles. The molecule has 0 spiro atoms. The highest BCUT2D eigenvalue weighted by Crippen LogP contribution is 2.10. The molecule has 0 fully saturated rings. The van der Waals surface area contributed by atoms with E-state index in [1.807, 2.05) is 12.1 Å². The van der Waals surface area contributed by atoms with Gasteiger partial charge in [0.1, 0.15) is 0 Å². The van der Waals surface area contributed by atoms with E-state index in [2.05, 4.69) is 36.5 Å². The summed E-state index contributed by atoms with van der Waals surface area (Å²) in [5, 5.41) is 12.2. The topological polar surface area (TPSA) is 49.3 Å². The second-order valence-corrected chi connectivity index (χ2v) is 4.73. The molecule has 3 heteroatoms. The molecule has 0 unspecified atom stereocenters. The fraction of sp³-hybridized carbons (Fsp3) is 0.235. The Morgan fingerprint density at radius 3 is 2.25 bits per heavy atom. The molecule has 0 aromatic heterocycles. The molecule has 104 valence electrons. The number of carboxylic acids is 1. The smallest absolute Gasteiger partial charge is 0.335 e. The van der Waals surface area contributed by atoms with E-state index in [0.29, 0.717) is 5.56 Å². The molecular formula is C17H19NO2. The Morgan fingerprint density at radius 2 is 1.65 bits per heavy atom. The second-order valence-electron chi connectivity index (χ2n) is 4.73. The third-order valence-electron chi connectivity index (χ3n) is 3.34. The summed E-state index contributed by atoms with van der Waals surface area (Å²) >= 11 is 0. The van der Waals surface area contributed by atoms with E-state index in [1.165, 1.54) is 11.1 Å². The fourth-order valence-corrected chi connectivity index (χ4v) is 2.18. The van der Waals surface area contributed by atoms with Crippen molar-refractivity contribution in [3.63, 3.8) is 0 Å². The Morgan fingerprint density at radius 1 is 1.00 bits per heavy atom. The van der Waals surface area contributed by atoms with Crippen LogP contribution in [0.5, 0.6) is 0 Å². The van der Waals surface area contributed by atoms with E-state index in [9.17, 15) is 4.79 Å². The van der Waals surface area contributed by atoms with Gasteiger partial charge in [0.2, 0.25) is 0 Å². The number of aromatic carboxylic acids is 1. The monoisotopic (exact) mass is 269 g/mol. The first-order valence-electron chi connectivity index (χ1n) is 6.80. The minimum atomic E-state index is -0.888. The van der Waals surface area contributed by atoms with Gasteiger partial charge in [-0.05, 0) is 35.2 Å². The van der Waals surface area contributed by atoms with Gasteiger partial charge in [-0.1, -0.05) is 43.3 Å². The van der Waals surface area contributed by atoms with Gasteiger partial charge in [0, 0.05) is 13.1 Å². The Bertz CT molecular complexity index is 576. The third kappa shape index (κ3) is 3.68. The molecule has 0 saturated heterocycles. The predicted molar refractivity (Wildman–Crippen MR) is 79.8 cm³/mol. The molecule has 0 aliphatic rings. The van der Waals surface area contributed by atoms with Crippen LogP contribution in [0.1, 0.15) is 34.0 Å². The van der Waals surface area contributed by atoms with Crippen molar-refractivity contribution >= 4 is 5.97 Å². The average molecular weight is 269 g/mol. The lowest BCUT2D eigenvalue weighted by Gasteiger charge is -2.09.